The Balaban J connectivity index is 1.65. The first-order chi connectivity index (χ1) is 28.9. The first kappa shape index (κ1) is 43.0. The van der Waals surface area contributed by atoms with Gasteiger partial charge in [-0.2, -0.15) is 43.9 Å². The summed E-state index contributed by atoms with van der Waals surface area (Å²) in [5.41, 5.74) is 4.50. The maximum absolute atomic E-state index is 14.7. The molecule has 7 rings (SSSR count). The highest BCUT2D eigenvalue weighted by Gasteiger charge is 2.60. The Kier molecular flexibility index (Phi) is 11.8. The van der Waals surface area contributed by atoms with Crippen molar-refractivity contribution in [3.8, 4) is 28.1 Å². The van der Waals surface area contributed by atoms with Gasteiger partial charge in [0.15, 0.2) is 0 Å². The molecule has 1 aliphatic rings. The molecule has 16 heteroatoms. The average molecular weight is 851 g/mol. The topological polar surface area (TPSA) is 45.0 Å². The van der Waals surface area contributed by atoms with Crippen LogP contribution >= 0.6 is 0 Å². The van der Waals surface area contributed by atoms with Crippen LogP contribution in [0.3, 0.4) is 0 Å². The second-order valence-electron chi connectivity index (χ2n) is 14.0. The van der Waals surface area contributed by atoms with Crippen LogP contribution in [-0.4, -0.2) is 62.0 Å². The predicted octanol–water partition coefficient (Wildman–Crippen LogP) is 12.2. The van der Waals surface area contributed by atoms with Crippen molar-refractivity contribution < 1.29 is 57.9 Å². The van der Waals surface area contributed by atoms with E-state index in [1.807, 2.05) is 31.2 Å². The fraction of sp³-hybridized carbons (Fsp3) is 0.178. The molecule has 5 nitrogen and oxygen atoms in total. The number of halogens is 10. The van der Waals surface area contributed by atoms with Gasteiger partial charge in [0.25, 0.3) is 0 Å². The molecule has 0 amide bonds. The minimum absolute atomic E-state index is 0.0767. The molecule has 0 aliphatic carbocycles. The molecule has 61 heavy (non-hydrogen) atoms. The van der Waals surface area contributed by atoms with Gasteiger partial charge in [-0.05, 0) is 30.2 Å². The van der Waals surface area contributed by atoms with Crippen molar-refractivity contribution in [2.75, 3.05) is 20.3 Å². The molecule has 0 saturated heterocycles. The number of benzene rings is 5. The monoisotopic (exact) mass is 850 g/mol. The Morgan fingerprint density at radius 3 is 1.64 bits per heavy atom. The summed E-state index contributed by atoms with van der Waals surface area (Å²) in [6.45, 7) is -3.15. The summed E-state index contributed by atoms with van der Waals surface area (Å²) in [4.78, 5) is 5.14. The third kappa shape index (κ3) is 8.60. The molecule has 2 heterocycles. The molecule has 1 aliphatic heterocycles. The summed E-state index contributed by atoms with van der Waals surface area (Å²) >= 11 is 0. The van der Waals surface area contributed by atoms with E-state index in [2.05, 4.69) is 0 Å². The lowest BCUT2D eigenvalue weighted by Crippen LogP contribution is -2.48. The van der Waals surface area contributed by atoms with Gasteiger partial charge in [-0.3, -0.25) is 0 Å². The molecule has 0 unspecified atom stereocenters. The molecular weight excluding hydrogens is 817 g/mol. The minimum Gasteiger partial charge on any atom is -0.496 e. The second kappa shape index (κ2) is 16.7. The number of nitrogens with zero attached hydrogens (tertiary/aromatic N) is 2. The summed E-state index contributed by atoms with van der Waals surface area (Å²) in [5, 5.41) is 0. The number of methoxy groups -OCH3 is 1. The fourth-order valence-corrected chi connectivity index (χ4v) is 6.85. The van der Waals surface area contributed by atoms with Gasteiger partial charge >= 0.3 is 31.5 Å². The average Bonchev–Trinajstić information content (AvgIpc) is 3.81. The van der Waals surface area contributed by atoms with Crippen molar-refractivity contribution in [1.82, 2.24) is 4.48 Å². The summed E-state index contributed by atoms with van der Waals surface area (Å²) in [5.74, 6) is -11.0. The lowest BCUT2D eigenvalue weighted by Gasteiger charge is -2.28. The zero-order valence-electron chi connectivity index (χ0n) is 32.2. The van der Waals surface area contributed by atoms with Crippen molar-refractivity contribution in [3.05, 3.63) is 173 Å². The van der Waals surface area contributed by atoms with Gasteiger partial charge in [0.1, 0.15) is 19.0 Å². The molecule has 314 valence electrons. The maximum Gasteiger partial charge on any atom is 0.598 e. The highest BCUT2D eigenvalue weighted by Crippen LogP contribution is 2.48. The Labute approximate surface area is 343 Å². The molecule has 5 aromatic carbocycles. The molecular formula is C45H33BF10N2O3. The Morgan fingerprint density at radius 2 is 1.08 bits per heavy atom. The van der Waals surface area contributed by atoms with Crippen LogP contribution in [0.2, 0.25) is 0 Å². The van der Waals surface area contributed by atoms with E-state index in [-0.39, 0.29) is 45.1 Å². The number of alkyl halides is 10. The van der Waals surface area contributed by atoms with Gasteiger partial charge < -0.3 is 18.5 Å². The van der Waals surface area contributed by atoms with Crippen molar-refractivity contribution in [2.24, 2.45) is 4.99 Å². The zero-order chi connectivity index (χ0) is 43.7. The molecule has 0 spiro atoms. The van der Waals surface area contributed by atoms with Crippen LogP contribution in [0.1, 0.15) is 33.5 Å². The third-order valence-corrected chi connectivity index (χ3v) is 9.88. The van der Waals surface area contributed by atoms with Crippen LogP contribution < -0.4 is 4.74 Å². The van der Waals surface area contributed by atoms with Gasteiger partial charge in [0.05, 0.1) is 24.2 Å². The Morgan fingerprint density at radius 1 is 0.574 bits per heavy atom. The van der Waals surface area contributed by atoms with E-state index in [1.54, 1.807) is 97.1 Å². The van der Waals surface area contributed by atoms with Crippen molar-refractivity contribution >= 4 is 24.2 Å². The SMILES string of the molecule is COc1ccccc1/C(=C1/N=C(c2ccc(C)cc2)c2ccccc21)c1c(-c2ccccc2)cc(-c2ccccc2)n1B(OCC(F)(F)C(F)(F)F)OCC(F)(F)C(F)(F)F. The highest BCUT2D eigenvalue weighted by molar-refractivity contribution is 6.44. The number of ether oxygens (including phenoxy) is 1. The van der Waals surface area contributed by atoms with Crippen LogP contribution in [0.25, 0.3) is 33.7 Å². The maximum atomic E-state index is 14.7. The van der Waals surface area contributed by atoms with E-state index in [1.165, 1.54) is 25.3 Å². The van der Waals surface area contributed by atoms with E-state index in [9.17, 15) is 43.9 Å². The lowest BCUT2D eigenvalue weighted by molar-refractivity contribution is -0.295. The number of fused-ring (bicyclic) bond motifs is 1. The quantitative estimate of drug-likeness (QED) is 0.0859. The number of aliphatic imine (C=N–C) groups is 1. The number of hydrogen-bond acceptors (Lipinski definition) is 4. The molecule has 0 fully saturated rings. The van der Waals surface area contributed by atoms with Crippen LogP contribution in [0, 0.1) is 6.92 Å². The molecule has 0 atom stereocenters. The first-order valence-corrected chi connectivity index (χ1v) is 18.5. The van der Waals surface area contributed by atoms with Gasteiger partial charge in [0, 0.05) is 39.1 Å². The number of hydrogen-bond donors (Lipinski definition) is 0. The number of aryl methyl sites for hydroxylation is 1. The largest absolute Gasteiger partial charge is 0.598 e. The van der Waals surface area contributed by atoms with Crippen LogP contribution in [0.4, 0.5) is 43.9 Å². The standard InChI is InChI=1S/C45H33BF10N2O3/c1-28-21-23-31(24-22-28)39-32-17-9-10-18-33(32)40(57-39)38(34-19-11-12-20-37(34)59-2)41-35(29-13-5-3-6-14-29)25-36(30-15-7-4-8-16-30)58(41)46(60-26-42(47,48)44(51,52)53)61-27-43(49,50)45(54,55)56/h3-25H,26-27H2,1-2H3/b40-38-. The minimum atomic E-state index is -6.20. The Hall–Kier alpha value is -6.13. The highest BCUT2D eigenvalue weighted by atomic mass is 19.4. The fourth-order valence-electron chi connectivity index (χ4n) is 6.85. The third-order valence-electron chi connectivity index (χ3n) is 9.88. The smallest absolute Gasteiger partial charge is 0.496 e. The van der Waals surface area contributed by atoms with Gasteiger partial charge in [-0.1, -0.05) is 133 Å². The van der Waals surface area contributed by atoms with Gasteiger partial charge in [0.2, 0.25) is 0 Å². The molecule has 6 aromatic rings. The van der Waals surface area contributed by atoms with E-state index in [4.69, 9.17) is 19.0 Å². The van der Waals surface area contributed by atoms with Gasteiger partial charge in [-0.25, -0.2) is 4.99 Å². The normalized spacial score (nSPS) is 14.1. The number of para-hydroxylation sites is 1. The zero-order valence-corrected chi connectivity index (χ0v) is 32.2. The van der Waals surface area contributed by atoms with E-state index >= 15 is 0 Å². The second-order valence-corrected chi connectivity index (χ2v) is 14.0. The van der Waals surface area contributed by atoms with Crippen LogP contribution in [-0.2, 0) is 9.31 Å². The summed E-state index contributed by atoms with van der Waals surface area (Å²) < 4.78 is 158. The van der Waals surface area contributed by atoms with E-state index in [0.717, 1.165) is 10.0 Å². The summed E-state index contributed by atoms with van der Waals surface area (Å²) in [6.07, 6.45) is -12.4. The molecule has 1 aromatic heterocycles. The molecule has 0 N–H and O–H groups in total. The van der Waals surface area contributed by atoms with Crippen molar-refractivity contribution in [1.29, 1.82) is 0 Å². The number of aromatic nitrogens is 1. The summed E-state index contributed by atoms with van der Waals surface area (Å²) in [6, 6.07) is 38.6. The van der Waals surface area contributed by atoms with Crippen LogP contribution in [0.5, 0.6) is 5.75 Å². The lowest BCUT2D eigenvalue weighted by atomic mass is 9.90. The van der Waals surface area contributed by atoms with Gasteiger partial charge in [-0.15, -0.1) is 0 Å². The predicted molar refractivity (Wildman–Crippen MR) is 213 cm³/mol. The molecule has 0 saturated carbocycles. The van der Waals surface area contributed by atoms with Crippen molar-refractivity contribution in [3.63, 3.8) is 0 Å². The first-order valence-electron chi connectivity index (χ1n) is 18.5. The number of rotatable bonds is 13. The van der Waals surface area contributed by atoms with E-state index < -0.39 is 44.7 Å². The summed E-state index contributed by atoms with van der Waals surface area (Å²) in [7, 11) is -1.42. The van der Waals surface area contributed by atoms with Crippen LogP contribution in [0.15, 0.2) is 145 Å². The molecule has 0 bridgehead atoms. The van der Waals surface area contributed by atoms with Crippen molar-refractivity contribution in [2.45, 2.75) is 31.1 Å². The Bertz CT molecular complexity index is 2540. The van der Waals surface area contributed by atoms with E-state index in [0.29, 0.717) is 28.0 Å². The molecule has 0 radical (unpaired) electrons.